The molecule has 8 heteroatoms. The van der Waals surface area contributed by atoms with Gasteiger partial charge in [-0.15, -0.1) is 0 Å². The molecule has 0 spiro atoms. The first-order valence-corrected chi connectivity index (χ1v) is 10.7. The van der Waals surface area contributed by atoms with Crippen LogP contribution in [0, 0.1) is 0 Å². The van der Waals surface area contributed by atoms with Gasteiger partial charge in [-0.1, -0.05) is 23.7 Å². The molecule has 0 unspecified atom stereocenters. The Bertz CT molecular complexity index is 1220. The maximum Gasteiger partial charge on any atom is 0.316 e. The minimum Gasteiger partial charge on any atom is -0.381 e. The zero-order chi connectivity index (χ0) is 22.0. The van der Waals surface area contributed by atoms with Gasteiger partial charge < -0.3 is 19.6 Å². The molecule has 0 bridgehead atoms. The Labute approximate surface area is 184 Å². The van der Waals surface area contributed by atoms with Gasteiger partial charge in [-0.2, -0.15) is 0 Å². The van der Waals surface area contributed by atoms with Crippen molar-refractivity contribution in [1.82, 2.24) is 14.9 Å². The van der Waals surface area contributed by atoms with Crippen LogP contribution in [0.3, 0.4) is 0 Å². The van der Waals surface area contributed by atoms with Crippen LogP contribution in [0.25, 0.3) is 11.0 Å². The predicted molar refractivity (Wildman–Crippen MR) is 120 cm³/mol. The van der Waals surface area contributed by atoms with Crippen LogP contribution in [0.1, 0.15) is 35.7 Å². The highest BCUT2D eigenvalue weighted by molar-refractivity contribution is 6.30. The first-order chi connectivity index (χ1) is 14.9. The van der Waals surface area contributed by atoms with Crippen LogP contribution in [0.2, 0.25) is 5.02 Å². The van der Waals surface area contributed by atoms with Crippen molar-refractivity contribution in [1.29, 1.82) is 0 Å². The summed E-state index contributed by atoms with van der Waals surface area (Å²) in [5.74, 6) is -0.239. The summed E-state index contributed by atoms with van der Waals surface area (Å²) >= 11 is 6.05. The quantitative estimate of drug-likeness (QED) is 0.595. The molecule has 3 aromatic rings. The van der Waals surface area contributed by atoms with E-state index in [0.29, 0.717) is 47.9 Å². The lowest BCUT2D eigenvalue weighted by Crippen LogP contribution is -2.44. The molecule has 7 nitrogen and oxygen atoms in total. The fourth-order valence-corrected chi connectivity index (χ4v) is 4.35. The highest BCUT2D eigenvalue weighted by Crippen LogP contribution is 2.35. The fraction of sp³-hybridized carbons (Fsp3) is 0.348. The molecule has 2 aromatic carbocycles. The number of hydrogen-bond donors (Lipinski definition) is 2. The van der Waals surface area contributed by atoms with E-state index in [-0.39, 0.29) is 11.3 Å². The number of nitrogens with zero attached hydrogens (tertiary/aromatic N) is 1. The van der Waals surface area contributed by atoms with E-state index in [2.05, 4.69) is 10.3 Å². The van der Waals surface area contributed by atoms with Crippen LogP contribution in [-0.4, -0.2) is 35.2 Å². The first kappa shape index (κ1) is 21.3. The third-order valence-electron chi connectivity index (χ3n) is 6.05. The van der Waals surface area contributed by atoms with E-state index in [1.807, 2.05) is 24.3 Å². The van der Waals surface area contributed by atoms with Gasteiger partial charge in [-0.25, -0.2) is 0 Å². The predicted octanol–water partition coefficient (Wildman–Crippen LogP) is 2.84. The number of amides is 1. The Balaban J connectivity index is 1.60. The van der Waals surface area contributed by atoms with Crippen molar-refractivity contribution in [3.05, 3.63) is 79.3 Å². The molecule has 4 rings (SSSR count). The Morgan fingerprint density at radius 2 is 1.87 bits per heavy atom. The zero-order valence-electron chi connectivity index (χ0n) is 17.2. The van der Waals surface area contributed by atoms with E-state index in [1.165, 1.54) is 4.57 Å². The molecule has 0 radical (unpaired) electrons. The summed E-state index contributed by atoms with van der Waals surface area (Å²) in [6, 6.07) is 12.7. The number of rotatable bonds is 5. The first-order valence-electron chi connectivity index (χ1n) is 10.3. The molecular formula is C23H24ClN3O4. The minimum absolute atomic E-state index is 0.230. The van der Waals surface area contributed by atoms with Crippen LogP contribution in [0.15, 0.2) is 52.1 Å². The van der Waals surface area contributed by atoms with E-state index in [0.717, 1.165) is 18.4 Å². The van der Waals surface area contributed by atoms with Crippen LogP contribution < -0.4 is 16.4 Å². The summed E-state index contributed by atoms with van der Waals surface area (Å²) in [5.41, 5.74) is 1.06. The second kappa shape index (κ2) is 8.69. The number of H-pyrrole nitrogens is 1. The Hall–Kier alpha value is -2.90. The average Bonchev–Trinajstić information content (AvgIpc) is 2.79. The monoisotopic (exact) mass is 441 g/mol. The largest absolute Gasteiger partial charge is 0.381 e. The minimum atomic E-state index is -0.698. The smallest absolute Gasteiger partial charge is 0.316 e. The maximum absolute atomic E-state index is 12.9. The second-order valence-electron chi connectivity index (χ2n) is 7.82. The lowest BCUT2D eigenvalue weighted by molar-refractivity contribution is 0.0487. The van der Waals surface area contributed by atoms with E-state index in [1.54, 1.807) is 25.1 Å². The molecule has 0 aliphatic carbocycles. The van der Waals surface area contributed by atoms with E-state index >= 15 is 0 Å². The molecule has 0 atom stereocenters. The molecule has 1 fully saturated rings. The number of aromatic nitrogens is 2. The molecule has 2 heterocycles. The number of carbonyl (C=O) groups excluding carboxylic acids is 1. The number of aromatic amines is 1. The summed E-state index contributed by atoms with van der Waals surface area (Å²) in [6.45, 7) is 3.88. The normalized spacial score (nSPS) is 15.7. The van der Waals surface area contributed by atoms with Crippen LogP contribution in [-0.2, 0) is 16.7 Å². The molecule has 0 saturated carbocycles. The van der Waals surface area contributed by atoms with Gasteiger partial charge in [0.05, 0.1) is 11.0 Å². The number of hydrogen-bond acceptors (Lipinski definition) is 4. The average molecular weight is 442 g/mol. The highest BCUT2D eigenvalue weighted by Gasteiger charge is 2.35. The fourth-order valence-electron chi connectivity index (χ4n) is 4.22. The van der Waals surface area contributed by atoms with Crippen molar-refractivity contribution in [2.24, 2.45) is 0 Å². The van der Waals surface area contributed by atoms with Crippen LogP contribution in [0.5, 0.6) is 0 Å². The lowest BCUT2D eigenvalue weighted by atomic mass is 9.74. The molecule has 31 heavy (non-hydrogen) atoms. The standard InChI is InChI=1S/C23H24ClN3O4/c1-2-27-19-8-3-15(13-18(19)26-21(29)22(27)30)20(28)25-14-23(9-11-31-12-10-23)16-4-6-17(24)7-5-16/h3-8,13H,2,9-12,14H2,1H3,(H,25,28)(H,26,29). The molecule has 1 aliphatic heterocycles. The zero-order valence-corrected chi connectivity index (χ0v) is 18.0. The molecule has 1 amide bonds. The maximum atomic E-state index is 12.9. The number of fused-ring (bicyclic) bond motifs is 1. The second-order valence-corrected chi connectivity index (χ2v) is 8.25. The Morgan fingerprint density at radius 1 is 1.16 bits per heavy atom. The SMILES string of the molecule is CCn1c(=O)c(=O)[nH]c2cc(C(=O)NCC3(c4ccc(Cl)cc4)CCOCC3)ccc21. The van der Waals surface area contributed by atoms with E-state index < -0.39 is 11.1 Å². The van der Waals surface area contributed by atoms with Gasteiger partial charge in [0.1, 0.15) is 0 Å². The summed E-state index contributed by atoms with van der Waals surface area (Å²) < 4.78 is 6.95. The Kier molecular flexibility index (Phi) is 5.98. The third-order valence-corrected chi connectivity index (χ3v) is 6.30. The molecule has 162 valence electrons. The topological polar surface area (TPSA) is 93.2 Å². The van der Waals surface area contributed by atoms with Crippen molar-refractivity contribution < 1.29 is 9.53 Å². The Morgan fingerprint density at radius 3 is 2.55 bits per heavy atom. The molecule has 1 saturated heterocycles. The van der Waals surface area contributed by atoms with Crippen molar-refractivity contribution in [3.8, 4) is 0 Å². The van der Waals surface area contributed by atoms with Crippen molar-refractivity contribution >= 4 is 28.5 Å². The molecule has 1 aliphatic rings. The number of halogens is 1. The van der Waals surface area contributed by atoms with Crippen molar-refractivity contribution in [3.63, 3.8) is 0 Å². The highest BCUT2D eigenvalue weighted by atomic mass is 35.5. The summed E-state index contributed by atoms with van der Waals surface area (Å²) in [6.07, 6.45) is 1.59. The molecule has 2 N–H and O–H groups in total. The van der Waals surface area contributed by atoms with Crippen molar-refractivity contribution in [2.45, 2.75) is 31.7 Å². The van der Waals surface area contributed by atoms with Crippen LogP contribution in [0.4, 0.5) is 0 Å². The summed E-state index contributed by atoms with van der Waals surface area (Å²) in [4.78, 5) is 39.5. The third kappa shape index (κ3) is 4.16. The van der Waals surface area contributed by atoms with Gasteiger partial charge in [0.2, 0.25) is 0 Å². The lowest BCUT2D eigenvalue weighted by Gasteiger charge is -2.38. The summed E-state index contributed by atoms with van der Waals surface area (Å²) in [7, 11) is 0. The van der Waals surface area contributed by atoms with Gasteiger partial charge in [-0.05, 0) is 55.7 Å². The van der Waals surface area contributed by atoms with Gasteiger partial charge >= 0.3 is 11.1 Å². The van der Waals surface area contributed by atoms with E-state index in [4.69, 9.17) is 16.3 Å². The number of benzene rings is 2. The summed E-state index contributed by atoms with van der Waals surface area (Å²) in [5, 5.41) is 3.73. The molecule has 1 aromatic heterocycles. The van der Waals surface area contributed by atoms with Gasteiger partial charge in [0, 0.05) is 42.3 Å². The number of nitrogens with one attached hydrogen (secondary N) is 2. The van der Waals surface area contributed by atoms with Crippen molar-refractivity contribution in [2.75, 3.05) is 19.8 Å². The number of carbonyl (C=O) groups is 1. The van der Waals surface area contributed by atoms with Gasteiger partial charge in [-0.3, -0.25) is 14.4 Å². The van der Waals surface area contributed by atoms with Gasteiger partial charge in [0.25, 0.3) is 5.91 Å². The number of ether oxygens (including phenoxy) is 1. The van der Waals surface area contributed by atoms with E-state index in [9.17, 15) is 14.4 Å². The number of aryl methyl sites for hydroxylation is 1. The van der Waals surface area contributed by atoms with Gasteiger partial charge in [0.15, 0.2) is 0 Å². The van der Waals surface area contributed by atoms with Crippen LogP contribution >= 0.6 is 11.6 Å². The molecular weight excluding hydrogens is 418 g/mol.